The van der Waals surface area contributed by atoms with Gasteiger partial charge in [-0.05, 0) is 72.5 Å². The Kier molecular flexibility index (Phi) is 9.05. The molecule has 0 saturated carbocycles. The van der Waals surface area contributed by atoms with Gasteiger partial charge in [-0.25, -0.2) is 8.42 Å². The number of carbonyl (C=O) groups excluding carboxylic acids is 3. The number of amides is 3. The Morgan fingerprint density at radius 3 is 2.36 bits per heavy atom. The molecule has 0 spiro atoms. The van der Waals surface area contributed by atoms with Gasteiger partial charge in [-0.3, -0.25) is 14.4 Å². The summed E-state index contributed by atoms with van der Waals surface area (Å²) >= 11 is 0. The van der Waals surface area contributed by atoms with E-state index in [2.05, 4.69) is 10.6 Å². The molecule has 3 amide bonds. The van der Waals surface area contributed by atoms with Gasteiger partial charge in [0.25, 0.3) is 0 Å². The third-order valence-corrected chi connectivity index (χ3v) is 8.24. The first-order chi connectivity index (χ1) is 19.9. The second-order valence-electron chi connectivity index (χ2n) is 10.0. The Hall–Kier alpha value is -4.58. The minimum Gasteiger partial charge on any atom is -0.493 e. The van der Waals surface area contributed by atoms with Crippen molar-refractivity contribution < 1.29 is 32.3 Å². The molecule has 3 aromatic carbocycles. The number of hydrogen-bond donors (Lipinski definition) is 3. The topological polar surface area (TPSA) is 157 Å². The number of nitrogens with two attached hydrogens (primary N) is 1. The smallest absolute Gasteiger partial charge is 0.250 e. The lowest BCUT2D eigenvalue weighted by atomic mass is 10.0. The van der Waals surface area contributed by atoms with Crippen LogP contribution in [0.15, 0.2) is 65.6 Å². The van der Waals surface area contributed by atoms with Gasteiger partial charge in [-0.1, -0.05) is 12.1 Å². The zero-order valence-electron chi connectivity index (χ0n) is 23.8. The van der Waals surface area contributed by atoms with Crippen LogP contribution in [0.3, 0.4) is 0 Å². The quantitative estimate of drug-likeness (QED) is 0.321. The molecular weight excluding hydrogens is 560 g/mol. The van der Waals surface area contributed by atoms with Crippen LogP contribution in [0.1, 0.15) is 53.3 Å². The molecule has 4 rings (SSSR count). The number of ether oxygens (including phenoxy) is 2. The van der Waals surface area contributed by atoms with Crippen LogP contribution >= 0.6 is 0 Å². The second-order valence-corrected chi connectivity index (χ2v) is 12.0. The summed E-state index contributed by atoms with van der Waals surface area (Å²) in [5.41, 5.74) is 7.65. The largest absolute Gasteiger partial charge is 0.493 e. The molecule has 222 valence electrons. The van der Waals surface area contributed by atoms with E-state index in [-0.39, 0.29) is 22.3 Å². The molecule has 0 radical (unpaired) electrons. The van der Waals surface area contributed by atoms with Crippen LogP contribution in [-0.4, -0.2) is 58.1 Å². The average molecular weight is 595 g/mol. The summed E-state index contributed by atoms with van der Waals surface area (Å²) in [6, 6.07) is 14.7. The molecule has 1 fully saturated rings. The maximum absolute atomic E-state index is 14.4. The summed E-state index contributed by atoms with van der Waals surface area (Å²) in [5, 5.41) is 5.94. The summed E-state index contributed by atoms with van der Waals surface area (Å²) in [4.78, 5) is 39.7. The number of methoxy groups -OCH3 is 2. The van der Waals surface area contributed by atoms with Crippen LogP contribution in [0.4, 0.5) is 11.4 Å². The van der Waals surface area contributed by atoms with Crippen molar-refractivity contribution in [3.05, 3.63) is 77.4 Å². The maximum Gasteiger partial charge on any atom is 0.250 e. The molecule has 0 aliphatic carbocycles. The first-order valence-corrected chi connectivity index (χ1v) is 15.1. The molecular formula is C30H34N4O7S. The van der Waals surface area contributed by atoms with Crippen LogP contribution in [-0.2, 0) is 19.4 Å². The number of nitrogens with zero attached hydrogens (tertiary/aromatic N) is 1. The lowest BCUT2D eigenvalue weighted by Crippen LogP contribution is -2.38. The minimum atomic E-state index is -3.66. The molecule has 1 saturated heterocycles. The highest BCUT2D eigenvalue weighted by Crippen LogP contribution is 2.40. The highest BCUT2D eigenvalue weighted by Gasteiger charge is 2.37. The van der Waals surface area contributed by atoms with E-state index in [1.54, 1.807) is 53.4 Å². The van der Waals surface area contributed by atoms with Crippen LogP contribution in [0.2, 0.25) is 0 Å². The Morgan fingerprint density at radius 2 is 1.71 bits per heavy atom. The third kappa shape index (κ3) is 6.65. The van der Waals surface area contributed by atoms with Gasteiger partial charge >= 0.3 is 0 Å². The molecule has 42 heavy (non-hydrogen) atoms. The van der Waals surface area contributed by atoms with E-state index >= 15 is 0 Å². The summed E-state index contributed by atoms with van der Waals surface area (Å²) in [6.45, 7) is 1.74. The van der Waals surface area contributed by atoms with Gasteiger partial charge in [-0.15, -0.1) is 0 Å². The standard InChI is InChI=1S/C30H34N4O7S/c1-18(35)32-22-11-13-27(42(4,38)39)23(17-22)24-9-6-14-34(24)30(37)28(19-10-12-25(40-2)26(16-19)41-3)33-21-8-5-7-20(15-21)29(31)36/h5,7-8,10-13,15-17,24,28,33H,6,9,14H2,1-4H3,(H2,31,36)(H,32,35)/t24-,28+/m1/s1. The number of hydrogen-bond acceptors (Lipinski definition) is 8. The number of nitrogens with one attached hydrogen (secondary N) is 2. The van der Waals surface area contributed by atoms with E-state index < -0.39 is 27.8 Å². The Labute approximate surface area is 244 Å². The van der Waals surface area contributed by atoms with Crippen molar-refractivity contribution in [3.8, 4) is 11.5 Å². The predicted molar refractivity (Wildman–Crippen MR) is 158 cm³/mol. The van der Waals surface area contributed by atoms with Gasteiger partial charge in [0, 0.05) is 36.7 Å². The molecule has 0 bridgehead atoms. The molecule has 3 aromatic rings. The van der Waals surface area contributed by atoms with Crippen LogP contribution in [0.5, 0.6) is 11.5 Å². The molecule has 0 unspecified atom stereocenters. The number of likely N-dealkylation sites (tertiary alicyclic amines) is 1. The molecule has 2 atom stereocenters. The molecule has 12 heteroatoms. The number of carbonyl (C=O) groups is 3. The van der Waals surface area contributed by atoms with Gasteiger partial charge in [0.2, 0.25) is 17.7 Å². The highest BCUT2D eigenvalue weighted by atomic mass is 32.2. The van der Waals surface area contributed by atoms with E-state index in [9.17, 15) is 22.8 Å². The van der Waals surface area contributed by atoms with E-state index in [0.29, 0.717) is 53.4 Å². The molecule has 0 aromatic heterocycles. The fraction of sp³-hybridized carbons (Fsp3) is 0.300. The lowest BCUT2D eigenvalue weighted by Gasteiger charge is -2.31. The van der Waals surface area contributed by atoms with Gasteiger partial charge in [0.1, 0.15) is 6.04 Å². The van der Waals surface area contributed by atoms with Crippen LogP contribution < -0.4 is 25.8 Å². The maximum atomic E-state index is 14.4. The first kappa shape index (κ1) is 30.4. The predicted octanol–water partition coefficient (Wildman–Crippen LogP) is 3.68. The van der Waals surface area contributed by atoms with Gasteiger partial charge in [-0.2, -0.15) is 0 Å². The SMILES string of the molecule is COc1ccc([C@H](Nc2cccc(C(N)=O)c2)C(=O)N2CCC[C@@H]2c2cc(NC(C)=O)ccc2S(C)(=O)=O)cc1OC. The summed E-state index contributed by atoms with van der Waals surface area (Å²) in [5.74, 6) is -0.336. The normalized spacial score (nSPS) is 15.5. The Morgan fingerprint density at radius 1 is 0.976 bits per heavy atom. The van der Waals surface area contributed by atoms with E-state index in [4.69, 9.17) is 15.2 Å². The number of sulfone groups is 1. The first-order valence-electron chi connectivity index (χ1n) is 13.2. The van der Waals surface area contributed by atoms with Crippen molar-refractivity contribution in [3.63, 3.8) is 0 Å². The molecule has 4 N–H and O–H groups in total. The monoisotopic (exact) mass is 594 g/mol. The summed E-state index contributed by atoms with van der Waals surface area (Å²) in [7, 11) is -0.652. The zero-order valence-corrected chi connectivity index (χ0v) is 24.7. The van der Waals surface area contributed by atoms with Gasteiger partial charge in [0.05, 0.1) is 25.2 Å². The minimum absolute atomic E-state index is 0.0890. The van der Waals surface area contributed by atoms with Gasteiger partial charge < -0.3 is 30.7 Å². The zero-order chi connectivity index (χ0) is 30.6. The molecule has 11 nitrogen and oxygen atoms in total. The van der Waals surface area contributed by atoms with E-state index in [1.807, 2.05) is 0 Å². The van der Waals surface area contributed by atoms with Gasteiger partial charge in [0.15, 0.2) is 21.3 Å². The number of primary amides is 1. The molecule has 1 aliphatic heterocycles. The van der Waals surface area contributed by atoms with E-state index in [1.165, 1.54) is 33.3 Å². The highest BCUT2D eigenvalue weighted by molar-refractivity contribution is 7.90. The number of anilines is 2. The number of rotatable bonds is 10. The Balaban J connectivity index is 1.80. The van der Waals surface area contributed by atoms with Crippen molar-refractivity contribution in [2.75, 3.05) is 37.7 Å². The summed E-state index contributed by atoms with van der Waals surface area (Å²) < 4.78 is 36.4. The lowest BCUT2D eigenvalue weighted by molar-refractivity contribution is -0.133. The summed E-state index contributed by atoms with van der Waals surface area (Å²) in [6.07, 6.45) is 2.28. The van der Waals surface area contributed by atoms with Crippen LogP contribution in [0, 0.1) is 0 Å². The van der Waals surface area contributed by atoms with Crippen molar-refractivity contribution in [1.82, 2.24) is 4.90 Å². The van der Waals surface area contributed by atoms with Crippen molar-refractivity contribution in [2.45, 2.75) is 36.7 Å². The molecule has 1 heterocycles. The average Bonchev–Trinajstić information content (AvgIpc) is 3.44. The number of benzene rings is 3. The van der Waals surface area contributed by atoms with E-state index in [0.717, 1.165) is 6.26 Å². The van der Waals surface area contributed by atoms with Crippen molar-refractivity contribution >= 4 is 38.9 Å². The fourth-order valence-corrected chi connectivity index (χ4v) is 6.13. The Bertz CT molecular complexity index is 1620. The van der Waals surface area contributed by atoms with Crippen molar-refractivity contribution in [1.29, 1.82) is 0 Å². The van der Waals surface area contributed by atoms with Crippen LogP contribution in [0.25, 0.3) is 0 Å². The second kappa shape index (κ2) is 12.5. The third-order valence-electron chi connectivity index (χ3n) is 7.07. The molecule has 1 aliphatic rings. The van der Waals surface area contributed by atoms with Crippen molar-refractivity contribution in [2.24, 2.45) is 5.73 Å². The fourth-order valence-electron chi connectivity index (χ4n) is 5.20.